The third-order valence-corrected chi connectivity index (χ3v) is 8.46. The summed E-state index contributed by atoms with van der Waals surface area (Å²) in [7, 11) is 4.12. The van der Waals surface area contributed by atoms with Gasteiger partial charge >= 0.3 is 0 Å². The molecule has 1 aliphatic rings. The van der Waals surface area contributed by atoms with E-state index in [9.17, 15) is 0 Å². The largest absolute Gasteiger partial charge is 0.402 e. The Morgan fingerprint density at radius 1 is 1.11 bits per heavy atom. The summed E-state index contributed by atoms with van der Waals surface area (Å²) >= 11 is 6.51. The Bertz CT molecular complexity index is 1070. The maximum Gasteiger partial charge on any atom is 0.0443 e. The Morgan fingerprint density at radius 3 is 2.04 bits per heavy atom. The highest BCUT2D eigenvalue weighted by Gasteiger charge is 2.16. The van der Waals surface area contributed by atoms with Crippen molar-refractivity contribution in [3.8, 4) is 0 Å². The molecule has 1 unspecified atom stereocenters. The van der Waals surface area contributed by atoms with Crippen LogP contribution in [0.3, 0.4) is 0 Å². The van der Waals surface area contributed by atoms with E-state index in [0.717, 1.165) is 47.2 Å². The molecule has 45 heavy (non-hydrogen) atoms. The molecule has 1 fully saturated rings. The molecule has 0 spiro atoms. The minimum Gasteiger partial charge on any atom is -0.402 e. The van der Waals surface area contributed by atoms with Gasteiger partial charge in [0, 0.05) is 17.3 Å². The van der Waals surface area contributed by atoms with Gasteiger partial charge in [0.2, 0.25) is 0 Å². The first-order chi connectivity index (χ1) is 21.4. The summed E-state index contributed by atoms with van der Waals surface area (Å²) < 4.78 is 0. The van der Waals surface area contributed by atoms with Gasteiger partial charge in [0.25, 0.3) is 0 Å². The number of likely N-dealkylation sites (N-methyl/N-ethyl adjacent to an activating group) is 1. The Labute approximate surface area is 285 Å². The molecule has 1 atom stereocenters. The van der Waals surface area contributed by atoms with E-state index in [1.165, 1.54) is 73.9 Å². The number of nitrogens with two attached hydrogens (primary N) is 1. The van der Waals surface area contributed by atoms with Crippen LogP contribution < -0.4 is 11.1 Å². The molecule has 256 valence electrons. The standard InChI is InChI=1S/C23H33ClN2.C8H18.C5H11N.C5H8/c1-8-19(20(9-2)14-26-7)13-21(18(6)25)12-16(4)23-17(5)15(3)10-11-22(23)24;1-4-6-8(3)7-5-2;1-6-4-2-3-5-6;1-3-5-4-2/h8-11,13,16,26H,1,12,14,25H2,2-7H3;8H,4-7H2,1-3H3;2-5H2,1H3;5H,1,4H2,2H3/b19-13+,20-9+,21-18+;;;. The van der Waals surface area contributed by atoms with Crippen molar-refractivity contribution in [1.29, 1.82) is 0 Å². The summed E-state index contributed by atoms with van der Waals surface area (Å²) in [6.07, 6.45) is 18.3. The lowest BCUT2D eigenvalue weighted by Gasteiger charge is -2.20. The highest BCUT2D eigenvalue weighted by Crippen LogP contribution is 2.34. The normalized spacial score (nSPS) is 14.5. The number of likely N-dealkylation sites (tertiary alicyclic amines) is 1. The van der Waals surface area contributed by atoms with Gasteiger partial charge < -0.3 is 16.0 Å². The number of benzene rings is 1. The zero-order valence-corrected chi connectivity index (χ0v) is 32.0. The van der Waals surface area contributed by atoms with Crippen LogP contribution in [0.1, 0.15) is 122 Å². The fraction of sp³-hybridized carbons (Fsp3) is 0.585. The molecule has 1 saturated heterocycles. The molecule has 4 heteroatoms. The van der Waals surface area contributed by atoms with Gasteiger partial charge in [-0.2, -0.15) is 0 Å². The first-order valence-electron chi connectivity index (χ1n) is 17.3. The highest BCUT2D eigenvalue weighted by atomic mass is 35.5. The molecular weight excluding hydrogens is 570 g/mol. The van der Waals surface area contributed by atoms with Gasteiger partial charge in [-0.15, -0.1) is 5.73 Å². The van der Waals surface area contributed by atoms with Crippen molar-refractivity contribution in [2.45, 2.75) is 120 Å². The van der Waals surface area contributed by atoms with Crippen molar-refractivity contribution >= 4 is 11.6 Å². The lowest BCUT2D eigenvalue weighted by molar-refractivity contribution is 0.418. The number of halogens is 1. The van der Waals surface area contributed by atoms with Crippen LogP contribution in [-0.2, 0) is 0 Å². The predicted octanol–water partition coefficient (Wildman–Crippen LogP) is 11.6. The van der Waals surface area contributed by atoms with E-state index in [2.05, 4.69) is 103 Å². The Hall–Kier alpha value is -2.29. The summed E-state index contributed by atoms with van der Waals surface area (Å²) in [5.74, 6) is 1.24. The lowest BCUT2D eigenvalue weighted by Crippen LogP contribution is -2.12. The fourth-order valence-corrected chi connectivity index (χ4v) is 5.75. The average molecular weight is 640 g/mol. The Morgan fingerprint density at radius 2 is 1.69 bits per heavy atom. The highest BCUT2D eigenvalue weighted by molar-refractivity contribution is 6.31. The van der Waals surface area contributed by atoms with Crippen LogP contribution in [-0.4, -0.2) is 38.6 Å². The minimum atomic E-state index is 0.275. The number of nitrogens with zero attached hydrogens (tertiary/aromatic N) is 1. The van der Waals surface area contributed by atoms with Crippen LogP contribution in [0.25, 0.3) is 0 Å². The lowest BCUT2D eigenvalue weighted by atomic mass is 9.87. The zero-order valence-electron chi connectivity index (χ0n) is 31.2. The molecule has 0 aromatic heterocycles. The number of nitrogens with one attached hydrogen (secondary N) is 1. The molecular formula is C41H70ClN3. The minimum absolute atomic E-state index is 0.275. The fourth-order valence-electron chi connectivity index (χ4n) is 5.36. The summed E-state index contributed by atoms with van der Waals surface area (Å²) in [5.41, 5.74) is 16.9. The molecule has 3 N–H and O–H groups in total. The summed E-state index contributed by atoms with van der Waals surface area (Å²) in [6, 6.07) is 4.06. The van der Waals surface area contributed by atoms with E-state index < -0.39 is 0 Å². The number of rotatable bonds is 13. The van der Waals surface area contributed by atoms with E-state index in [1.807, 2.05) is 39.1 Å². The first kappa shape index (κ1) is 44.8. The van der Waals surface area contributed by atoms with Crippen LogP contribution >= 0.6 is 11.6 Å². The molecule has 1 aromatic carbocycles. The van der Waals surface area contributed by atoms with Crippen molar-refractivity contribution in [1.82, 2.24) is 10.2 Å². The second-order valence-corrected chi connectivity index (χ2v) is 12.8. The summed E-state index contributed by atoms with van der Waals surface area (Å²) in [4.78, 5) is 2.36. The molecule has 2 rings (SSSR count). The van der Waals surface area contributed by atoms with Crippen LogP contribution in [0.5, 0.6) is 0 Å². The maximum absolute atomic E-state index is 6.51. The van der Waals surface area contributed by atoms with E-state index in [0.29, 0.717) is 0 Å². The van der Waals surface area contributed by atoms with E-state index in [-0.39, 0.29) is 5.92 Å². The molecule has 1 aromatic rings. The second-order valence-electron chi connectivity index (χ2n) is 12.4. The number of allylic oxidation sites excluding steroid dienone is 6. The van der Waals surface area contributed by atoms with Gasteiger partial charge in [0.05, 0.1) is 0 Å². The molecule has 1 heterocycles. The third kappa shape index (κ3) is 20.5. The topological polar surface area (TPSA) is 41.3 Å². The first-order valence-corrected chi connectivity index (χ1v) is 17.6. The van der Waals surface area contributed by atoms with Gasteiger partial charge in [-0.1, -0.05) is 103 Å². The molecule has 0 amide bonds. The van der Waals surface area contributed by atoms with E-state index in [4.69, 9.17) is 17.3 Å². The second kappa shape index (κ2) is 28.0. The smallest absolute Gasteiger partial charge is 0.0443 e. The quantitative estimate of drug-likeness (QED) is 0.167. The zero-order chi connectivity index (χ0) is 34.8. The van der Waals surface area contributed by atoms with Gasteiger partial charge in [-0.25, -0.2) is 0 Å². The number of hydrogen-bond donors (Lipinski definition) is 2. The Balaban J connectivity index is 0. The predicted molar refractivity (Wildman–Crippen MR) is 207 cm³/mol. The van der Waals surface area contributed by atoms with Gasteiger partial charge in [0.15, 0.2) is 0 Å². The van der Waals surface area contributed by atoms with Crippen LogP contribution in [0.4, 0.5) is 0 Å². The van der Waals surface area contributed by atoms with Crippen LogP contribution in [0.2, 0.25) is 5.02 Å². The molecule has 0 radical (unpaired) electrons. The van der Waals surface area contributed by atoms with Crippen LogP contribution in [0, 0.1) is 19.8 Å². The number of aryl methyl sites for hydroxylation is 1. The Kier molecular flexibility index (Phi) is 27.9. The summed E-state index contributed by atoms with van der Waals surface area (Å²) in [5, 5.41) is 4.03. The molecule has 0 bridgehead atoms. The van der Waals surface area contributed by atoms with Crippen molar-refractivity contribution in [2.75, 3.05) is 33.7 Å². The van der Waals surface area contributed by atoms with Crippen LogP contribution in [0.15, 0.2) is 77.7 Å². The van der Waals surface area contributed by atoms with Gasteiger partial charge in [-0.3, -0.25) is 0 Å². The molecule has 0 aliphatic carbocycles. The van der Waals surface area contributed by atoms with E-state index in [1.54, 1.807) is 0 Å². The van der Waals surface area contributed by atoms with Gasteiger partial charge in [0.1, 0.15) is 0 Å². The number of hydrogen-bond acceptors (Lipinski definition) is 3. The monoisotopic (exact) mass is 640 g/mol. The molecule has 1 aliphatic heterocycles. The maximum atomic E-state index is 6.51. The summed E-state index contributed by atoms with van der Waals surface area (Å²) in [6.45, 7) is 30.2. The van der Waals surface area contributed by atoms with Crippen molar-refractivity contribution in [3.05, 3.63) is 99.5 Å². The van der Waals surface area contributed by atoms with Crippen molar-refractivity contribution in [2.24, 2.45) is 11.7 Å². The SMILES string of the molecule is C=C=CCC.C=CC(=C\C(CC(C)c1c(Cl)ccc(C)c1C)=C(/C)N)/C(=C/C)CNC.CCCC(C)CCC.CN1CCCC1. The van der Waals surface area contributed by atoms with Gasteiger partial charge in [-0.05, 0) is 144 Å². The molecule has 0 saturated carbocycles. The molecule has 3 nitrogen and oxygen atoms in total. The third-order valence-electron chi connectivity index (χ3n) is 8.14. The van der Waals surface area contributed by atoms with Crippen molar-refractivity contribution < 1.29 is 0 Å². The van der Waals surface area contributed by atoms with E-state index >= 15 is 0 Å². The van der Waals surface area contributed by atoms with Crippen molar-refractivity contribution in [3.63, 3.8) is 0 Å². The average Bonchev–Trinajstić information content (AvgIpc) is 3.48.